The van der Waals surface area contributed by atoms with Crippen LogP contribution in [-0.2, 0) is 4.74 Å². The lowest BCUT2D eigenvalue weighted by Gasteiger charge is -2.14. The first-order chi connectivity index (χ1) is 12.6. The van der Waals surface area contributed by atoms with Gasteiger partial charge >= 0.3 is 0 Å². The molecule has 0 spiro atoms. The SMILES string of the molecule is CCOCOc1cc2c(Nc3ccc(F)c(Cl)c3)ncnc2cc1OC. The minimum absolute atomic E-state index is 0.0239. The molecule has 0 saturated carbocycles. The quantitative estimate of drug-likeness (QED) is 0.481. The fourth-order valence-electron chi connectivity index (χ4n) is 2.34. The van der Waals surface area contributed by atoms with E-state index < -0.39 is 5.82 Å². The summed E-state index contributed by atoms with van der Waals surface area (Å²) in [7, 11) is 1.55. The summed E-state index contributed by atoms with van der Waals surface area (Å²) in [6, 6.07) is 7.86. The lowest BCUT2D eigenvalue weighted by atomic mass is 10.2. The highest BCUT2D eigenvalue weighted by molar-refractivity contribution is 6.31. The highest BCUT2D eigenvalue weighted by Crippen LogP contribution is 2.35. The Bertz CT molecular complexity index is 924. The first-order valence-electron chi connectivity index (χ1n) is 7.87. The van der Waals surface area contributed by atoms with E-state index in [2.05, 4.69) is 15.3 Å². The van der Waals surface area contributed by atoms with Crippen LogP contribution in [0.3, 0.4) is 0 Å². The zero-order chi connectivity index (χ0) is 18.5. The summed E-state index contributed by atoms with van der Waals surface area (Å²) < 4.78 is 29.5. The molecule has 2 aromatic carbocycles. The monoisotopic (exact) mass is 377 g/mol. The number of hydrogen-bond donors (Lipinski definition) is 1. The number of hydrogen-bond acceptors (Lipinski definition) is 6. The van der Waals surface area contributed by atoms with Gasteiger partial charge < -0.3 is 19.5 Å². The van der Waals surface area contributed by atoms with Crippen molar-refractivity contribution in [2.45, 2.75) is 6.92 Å². The Morgan fingerprint density at radius 3 is 2.73 bits per heavy atom. The third-order valence-electron chi connectivity index (χ3n) is 3.60. The molecule has 26 heavy (non-hydrogen) atoms. The number of aromatic nitrogens is 2. The van der Waals surface area contributed by atoms with Gasteiger partial charge in [-0.3, -0.25) is 0 Å². The molecule has 0 radical (unpaired) electrons. The average molecular weight is 378 g/mol. The first kappa shape index (κ1) is 18.2. The number of ether oxygens (including phenoxy) is 3. The van der Waals surface area contributed by atoms with Gasteiger partial charge in [-0.15, -0.1) is 0 Å². The molecule has 0 amide bonds. The number of methoxy groups -OCH3 is 1. The van der Waals surface area contributed by atoms with Crippen molar-refractivity contribution in [2.24, 2.45) is 0 Å². The number of nitrogens with zero attached hydrogens (tertiary/aromatic N) is 2. The minimum Gasteiger partial charge on any atom is -0.493 e. The molecule has 0 bridgehead atoms. The van der Waals surface area contributed by atoms with Crippen LogP contribution >= 0.6 is 11.6 Å². The van der Waals surface area contributed by atoms with E-state index in [1.807, 2.05) is 6.92 Å². The molecule has 0 aliphatic rings. The molecule has 1 heterocycles. The van der Waals surface area contributed by atoms with E-state index in [1.54, 1.807) is 25.3 Å². The number of halogens is 2. The van der Waals surface area contributed by atoms with Crippen molar-refractivity contribution in [2.75, 3.05) is 25.8 Å². The van der Waals surface area contributed by atoms with Gasteiger partial charge in [-0.25, -0.2) is 14.4 Å². The smallest absolute Gasteiger partial charge is 0.189 e. The van der Waals surface area contributed by atoms with E-state index in [9.17, 15) is 4.39 Å². The predicted molar refractivity (Wildman–Crippen MR) is 97.9 cm³/mol. The maximum Gasteiger partial charge on any atom is 0.189 e. The first-order valence-corrected chi connectivity index (χ1v) is 8.25. The number of benzene rings is 2. The zero-order valence-electron chi connectivity index (χ0n) is 14.3. The molecule has 0 fully saturated rings. The zero-order valence-corrected chi connectivity index (χ0v) is 15.0. The van der Waals surface area contributed by atoms with Gasteiger partial charge in [0.25, 0.3) is 0 Å². The molecule has 0 saturated heterocycles. The third-order valence-corrected chi connectivity index (χ3v) is 3.89. The van der Waals surface area contributed by atoms with E-state index in [4.69, 9.17) is 25.8 Å². The molecule has 0 aliphatic carbocycles. The Balaban J connectivity index is 1.99. The number of fused-ring (bicyclic) bond motifs is 1. The van der Waals surface area contributed by atoms with Crippen LogP contribution in [0.2, 0.25) is 5.02 Å². The summed E-state index contributed by atoms with van der Waals surface area (Å²) in [5, 5.41) is 3.85. The van der Waals surface area contributed by atoms with Crippen molar-refractivity contribution >= 4 is 34.0 Å². The second-order valence-corrected chi connectivity index (χ2v) is 5.66. The fraction of sp³-hybridized carbons (Fsp3) is 0.222. The minimum atomic E-state index is -0.485. The second kappa shape index (κ2) is 8.16. The van der Waals surface area contributed by atoms with E-state index in [1.165, 1.54) is 18.5 Å². The molecule has 0 atom stereocenters. The van der Waals surface area contributed by atoms with Gasteiger partial charge in [0.2, 0.25) is 0 Å². The van der Waals surface area contributed by atoms with Crippen LogP contribution in [0.4, 0.5) is 15.9 Å². The molecular formula is C18H17ClFN3O3. The van der Waals surface area contributed by atoms with Crippen LogP contribution < -0.4 is 14.8 Å². The summed E-state index contributed by atoms with van der Waals surface area (Å²) in [4.78, 5) is 8.52. The van der Waals surface area contributed by atoms with Gasteiger partial charge in [-0.05, 0) is 31.2 Å². The summed E-state index contributed by atoms with van der Waals surface area (Å²) >= 11 is 5.84. The highest BCUT2D eigenvalue weighted by Gasteiger charge is 2.12. The van der Waals surface area contributed by atoms with E-state index >= 15 is 0 Å². The van der Waals surface area contributed by atoms with Gasteiger partial charge in [0.15, 0.2) is 18.3 Å². The molecular weight excluding hydrogens is 361 g/mol. The molecule has 0 aliphatic heterocycles. The van der Waals surface area contributed by atoms with Gasteiger partial charge in [-0.1, -0.05) is 11.6 Å². The van der Waals surface area contributed by atoms with Crippen molar-refractivity contribution < 1.29 is 18.6 Å². The van der Waals surface area contributed by atoms with E-state index in [0.29, 0.717) is 40.5 Å². The van der Waals surface area contributed by atoms with Crippen LogP contribution in [0.1, 0.15) is 6.92 Å². The van der Waals surface area contributed by atoms with E-state index in [-0.39, 0.29) is 11.8 Å². The lowest BCUT2D eigenvalue weighted by Crippen LogP contribution is -2.04. The third kappa shape index (κ3) is 3.95. The molecule has 136 valence electrons. The van der Waals surface area contributed by atoms with Crippen LogP contribution in [0.5, 0.6) is 11.5 Å². The molecule has 0 unspecified atom stereocenters. The Labute approximate surface area is 154 Å². The standard InChI is InChI=1S/C18H17ClFN3O3/c1-3-25-10-26-17-7-12-15(8-16(17)24-2)21-9-22-18(12)23-11-4-5-14(20)13(19)6-11/h4-9H,3,10H2,1-2H3,(H,21,22,23). The molecule has 6 nitrogen and oxygen atoms in total. The van der Waals surface area contributed by atoms with Crippen LogP contribution in [0, 0.1) is 5.82 Å². The van der Waals surface area contributed by atoms with Crippen LogP contribution in [0.15, 0.2) is 36.7 Å². The maximum atomic E-state index is 13.3. The number of nitrogens with one attached hydrogen (secondary N) is 1. The van der Waals surface area contributed by atoms with Crippen LogP contribution in [0.25, 0.3) is 10.9 Å². The lowest BCUT2D eigenvalue weighted by molar-refractivity contribution is 0.0210. The Morgan fingerprint density at radius 1 is 1.15 bits per heavy atom. The fourth-order valence-corrected chi connectivity index (χ4v) is 2.52. The Kier molecular flexibility index (Phi) is 5.70. The Hall–Kier alpha value is -2.64. The predicted octanol–water partition coefficient (Wildman–Crippen LogP) is 4.55. The molecule has 3 rings (SSSR count). The molecule has 1 aromatic heterocycles. The average Bonchev–Trinajstić information content (AvgIpc) is 2.65. The van der Waals surface area contributed by atoms with Gasteiger partial charge in [0.05, 0.1) is 17.6 Å². The summed E-state index contributed by atoms with van der Waals surface area (Å²) in [6.45, 7) is 2.52. The summed E-state index contributed by atoms with van der Waals surface area (Å²) in [5.41, 5.74) is 1.26. The second-order valence-electron chi connectivity index (χ2n) is 5.25. The topological polar surface area (TPSA) is 65.5 Å². The van der Waals surface area contributed by atoms with E-state index in [0.717, 1.165) is 0 Å². The maximum absolute atomic E-state index is 13.3. The Morgan fingerprint density at radius 2 is 2.00 bits per heavy atom. The van der Waals surface area contributed by atoms with Gasteiger partial charge in [-0.2, -0.15) is 0 Å². The highest BCUT2D eigenvalue weighted by atomic mass is 35.5. The van der Waals surface area contributed by atoms with Crippen molar-refractivity contribution in [1.29, 1.82) is 0 Å². The van der Waals surface area contributed by atoms with Gasteiger partial charge in [0.1, 0.15) is 18.0 Å². The summed E-state index contributed by atoms with van der Waals surface area (Å²) in [6.07, 6.45) is 1.43. The van der Waals surface area contributed by atoms with Crippen LogP contribution in [-0.4, -0.2) is 30.5 Å². The molecule has 3 aromatic rings. The van der Waals surface area contributed by atoms with Gasteiger partial charge in [0, 0.05) is 23.7 Å². The molecule has 1 N–H and O–H groups in total. The van der Waals surface area contributed by atoms with Crippen molar-refractivity contribution in [3.05, 3.63) is 47.5 Å². The number of rotatable bonds is 7. The molecule has 8 heteroatoms. The summed E-state index contributed by atoms with van der Waals surface area (Å²) in [5.74, 6) is 1.08. The van der Waals surface area contributed by atoms with Crippen molar-refractivity contribution in [1.82, 2.24) is 9.97 Å². The van der Waals surface area contributed by atoms with Crippen molar-refractivity contribution in [3.8, 4) is 11.5 Å². The van der Waals surface area contributed by atoms with Crippen molar-refractivity contribution in [3.63, 3.8) is 0 Å². The normalized spacial score (nSPS) is 10.8. The number of anilines is 2. The largest absolute Gasteiger partial charge is 0.493 e.